The minimum Gasteiger partial charge on any atom is -0.265 e. The summed E-state index contributed by atoms with van der Waals surface area (Å²) in [6, 6.07) is 0. The summed E-state index contributed by atoms with van der Waals surface area (Å²) in [6.07, 6.45) is 4.68. The van der Waals surface area contributed by atoms with E-state index in [9.17, 15) is 0 Å². The van der Waals surface area contributed by atoms with E-state index in [0.717, 1.165) is 11.6 Å². The van der Waals surface area contributed by atoms with Crippen LogP contribution < -0.4 is 5.44 Å². The number of aromatic nitrogens is 3. The van der Waals surface area contributed by atoms with E-state index in [-0.39, 0.29) is 17.0 Å². The number of H-pyrrole nitrogens is 1. The highest BCUT2D eigenvalue weighted by Crippen LogP contribution is 2.04. The van der Waals surface area contributed by atoms with Crippen LogP contribution in [0.5, 0.6) is 0 Å². The van der Waals surface area contributed by atoms with Crippen molar-refractivity contribution in [2.75, 3.05) is 6.16 Å². The van der Waals surface area contributed by atoms with Crippen LogP contribution in [0.4, 0.5) is 0 Å². The Morgan fingerprint density at radius 3 is 3.10 bits per heavy atom. The lowest BCUT2D eigenvalue weighted by Gasteiger charge is -1.85. The number of rotatable bonds is 3. The van der Waals surface area contributed by atoms with E-state index in [1.807, 2.05) is 12.3 Å². The maximum absolute atomic E-state index is 3.81. The molecule has 0 spiro atoms. The highest BCUT2D eigenvalue weighted by atomic mass is 79.9. The third kappa shape index (κ3) is 3.08. The fraction of sp³-hybridized carbons (Fsp3) is 0.200. The highest BCUT2D eigenvalue weighted by molar-refractivity contribution is 8.93. The Hall–Kier alpha value is -0.210. The lowest BCUT2D eigenvalue weighted by Crippen LogP contribution is -1.93. The van der Waals surface area contributed by atoms with Crippen LogP contribution in [0, 0.1) is 0 Å². The molecule has 1 N–H and O–H groups in total. The molecule has 0 aliphatic heterocycles. The number of hydrogen-bond acceptors (Lipinski definition) is 2. The van der Waals surface area contributed by atoms with Crippen LogP contribution in [0.1, 0.15) is 0 Å². The molecule has 56 valence electrons. The molecule has 1 heterocycles. The van der Waals surface area contributed by atoms with E-state index in [1.54, 1.807) is 0 Å². The zero-order valence-electron chi connectivity index (χ0n) is 5.37. The van der Waals surface area contributed by atoms with Gasteiger partial charge in [-0.15, -0.1) is 28.7 Å². The molecule has 5 heteroatoms. The summed E-state index contributed by atoms with van der Waals surface area (Å²) in [4.78, 5) is 0. The van der Waals surface area contributed by atoms with Crippen molar-refractivity contribution in [1.82, 2.24) is 15.4 Å². The van der Waals surface area contributed by atoms with E-state index >= 15 is 0 Å². The molecule has 1 aromatic heterocycles. The number of nitrogens with one attached hydrogen (secondary N) is 1. The Balaban J connectivity index is 0.000000810. The third-order valence-corrected chi connectivity index (χ3v) is 1.94. The smallest absolute Gasteiger partial charge is 0.102 e. The summed E-state index contributed by atoms with van der Waals surface area (Å²) in [5, 5.41) is 10.0. The van der Waals surface area contributed by atoms with Gasteiger partial charge in [-0.3, -0.25) is 5.10 Å². The van der Waals surface area contributed by atoms with Crippen molar-refractivity contribution in [1.29, 1.82) is 0 Å². The third-order valence-electron chi connectivity index (χ3n) is 0.844. The summed E-state index contributed by atoms with van der Waals surface area (Å²) < 4.78 is 0. The Labute approximate surface area is 71.8 Å². The lowest BCUT2D eigenvalue weighted by atomic mass is 10.8. The second-order valence-corrected chi connectivity index (χ2v) is 2.80. The molecule has 1 aromatic rings. The van der Waals surface area contributed by atoms with Gasteiger partial charge in [0.05, 0.1) is 0 Å². The lowest BCUT2D eigenvalue weighted by molar-refractivity contribution is 0.946. The summed E-state index contributed by atoms with van der Waals surface area (Å²) in [7, 11) is 0.706. The van der Waals surface area contributed by atoms with Gasteiger partial charge in [-0.1, -0.05) is 19.9 Å². The maximum Gasteiger partial charge on any atom is 0.102 e. The van der Waals surface area contributed by atoms with E-state index in [2.05, 4.69) is 22.0 Å². The van der Waals surface area contributed by atoms with Crippen LogP contribution in [0.3, 0.4) is 0 Å². The van der Waals surface area contributed by atoms with Crippen molar-refractivity contribution in [2.45, 2.75) is 0 Å². The van der Waals surface area contributed by atoms with Crippen LogP contribution >= 0.6 is 25.6 Å². The molecule has 3 nitrogen and oxygen atoms in total. The Morgan fingerprint density at radius 1 is 1.80 bits per heavy atom. The fourth-order valence-corrected chi connectivity index (χ4v) is 1.11. The van der Waals surface area contributed by atoms with Crippen molar-refractivity contribution in [3.63, 3.8) is 0 Å². The molecule has 0 saturated heterocycles. The van der Waals surface area contributed by atoms with Gasteiger partial charge in [0.25, 0.3) is 0 Å². The van der Waals surface area contributed by atoms with Gasteiger partial charge in [0.2, 0.25) is 0 Å². The first-order valence-electron chi connectivity index (χ1n) is 2.64. The molecule has 0 amide bonds. The topological polar surface area (TPSA) is 41.6 Å². The van der Waals surface area contributed by atoms with Gasteiger partial charge in [-0.05, 0) is 6.16 Å². The molecule has 1 rings (SSSR count). The monoisotopic (exact) mass is 221 g/mol. The normalized spacial score (nSPS) is 9.60. The van der Waals surface area contributed by atoms with Gasteiger partial charge >= 0.3 is 0 Å². The molecular weight excluding hydrogens is 213 g/mol. The van der Waals surface area contributed by atoms with E-state index < -0.39 is 0 Å². The molecule has 1 unspecified atom stereocenters. The second-order valence-electron chi connectivity index (χ2n) is 1.53. The van der Waals surface area contributed by atoms with Crippen LogP contribution in [-0.4, -0.2) is 21.6 Å². The molecule has 0 bridgehead atoms. The highest BCUT2D eigenvalue weighted by Gasteiger charge is 1.90. The number of hydrogen-bond donors (Lipinski definition) is 1. The van der Waals surface area contributed by atoms with Crippen molar-refractivity contribution in [3.05, 3.63) is 18.9 Å². The van der Waals surface area contributed by atoms with Crippen molar-refractivity contribution >= 4 is 31.0 Å². The first-order valence-corrected chi connectivity index (χ1v) is 3.85. The van der Waals surface area contributed by atoms with E-state index in [1.165, 1.54) is 0 Å². The standard InChI is InChI=1S/C5H8N3P.BrH/c1-2-3-9-5-4-6-8-7-5;/h2,4,9H,1,3H2,(H,6,7,8);1H. The quantitative estimate of drug-likeness (QED) is 0.609. The van der Waals surface area contributed by atoms with Crippen molar-refractivity contribution < 1.29 is 0 Å². The zero-order valence-corrected chi connectivity index (χ0v) is 8.08. The first kappa shape index (κ1) is 9.79. The molecular formula is C5H9BrN3P. The van der Waals surface area contributed by atoms with Gasteiger partial charge in [-0.2, -0.15) is 0 Å². The van der Waals surface area contributed by atoms with E-state index in [0.29, 0.717) is 8.58 Å². The van der Waals surface area contributed by atoms with Crippen LogP contribution in [0.25, 0.3) is 0 Å². The van der Waals surface area contributed by atoms with Gasteiger partial charge < -0.3 is 0 Å². The summed E-state index contributed by atoms with van der Waals surface area (Å²) >= 11 is 0. The van der Waals surface area contributed by atoms with Crippen molar-refractivity contribution in [3.8, 4) is 0 Å². The van der Waals surface area contributed by atoms with Crippen molar-refractivity contribution in [2.24, 2.45) is 0 Å². The predicted octanol–water partition coefficient (Wildman–Crippen LogP) is 0.872. The van der Waals surface area contributed by atoms with Gasteiger partial charge in [0, 0.05) is 6.20 Å². The van der Waals surface area contributed by atoms with Crippen LogP contribution in [-0.2, 0) is 0 Å². The number of nitrogens with zero attached hydrogens (tertiary/aromatic N) is 2. The molecule has 0 saturated carbocycles. The molecule has 10 heavy (non-hydrogen) atoms. The number of allylic oxidation sites excluding steroid dienone is 1. The largest absolute Gasteiger partial charge is 0.265 e. The predicted molar refractivity (Wildman–Crippen MR) is 49.7 cm³/mol. The summed E-state index contributed by atoms with van der Waals surface area (Å²) in [5.41, 5.74) is 1.02. The minimum atomic E-state index is 0. The minimum absolute atomic E-state index is 0. The summed E-state index contributed by atoms with van der Waals surface area (Å²) in [5.74, 6) is 0. The number of aromatic amines is 1. The van der Waals surface area contributed by atoms with Gasteiger partial charge in [0.15, 0.2) is 0 Å². The molecule has 0 aliphatic carbocycles. The zero-order chi connectivity index (χ0) is 6.53. The van der Waals surface area contributed by atoms with Crippen LogP contribution in [0.15, 0.2) is 18.9 Å². The first-order chi connectivity index (χ1) is 4.43. The fourth-order valence-electron chi connectivity index (χ4n) is 0.465. The van der Waals surface area contributed by atoms with E-state index in [4.69, 9.17) is 0 Å². The Bertz CT molecular complexity index is 175. The summed E-state index contributed by atoms with van der Waals surface area (Å²) in [6.45, 7) is 3.61. The number of halogens is 1. The maximum atomic E-state index is 3.81. The molecule has 1 atom stereocenters. The second kappa shape index (κ2) is 5.57. The molecule has 0 aliphatic rings. The average Bonchev–Trinajstić information content (AvgIpc) is 2.34. The SMILES string of the molecule is Br.C=CCPc1c[nH]nn1. The average molecular weight is 222 g/mol. The molecule has 0 radical (unpaired) electrons. The van der Waals surface area contributed by atoms with Gasteiger partial charge in [-0.25, -0.2) is 0 Å². The van der Waals surface area contributed by atoms with Gasteiger partial charge in [0.1, 0.15) is 5.44 Å². The Morgan fingerprint density at radius 2 is 2.60 bits per heavy atom. The molecule has 0 fully saturated rings. The molecule has 0 aromatic carbocycles. The van der Waals surface area contributed by atoms with Crippen LogP contribution in [0.2, 0.25) is 0 Å². The Kier molecular flexibility index (Phi) is 5.45.